The molecular formula is C17H26N4O2S. The van der Waals surface area contributed by atoms with E-state index in [0.717, 1.165) is 29.8 Å². The highest BCUT2D eigenvalue weighted by Crippen LogP contribution is 2.32. The van der Waals surface area contributed by atoms with Gasteiger partial charge in [0.05, 0.1) is 17.6 Å². The van der Waals surface area contributed by atoms with Gasteiger partial charge >= 0.3 is 0 Å². The SMILES string of the molecule is Cc1nc(S(=O)(=O)CCCc2cn[nH]c2)n(C2CCCCC2)c1C. The second-order valence-corrected chi connectivity index (χ2v) is 8.76. The van der Waals surface area contributed by atoms with Gasteiger partial charge in [-0.2, -0.15) is 5.10 Å². The maximum atomic E-state index is 12.9. The topological polar surface area (TPSA) is 80.6 Å². The average molecular weight is 350 g/mol. The lowest BCUT2D eigenvalue weighted by Gasteiger charge is -2.26. The van der Waals surface area contributed by atoms with E-state index >= 15 is 0 Å². The molecule has 7 heteroatoms. The molecule has 0 spiro atoms. The van der Waals surface area contributed by atoms with E-state index in [0.29, 0.717) is 12.8 Å². The molecule has 1 fully saturated rings. The summed E-state index contributed by atoms with van der Waals surface area (Å²) in [5.74, 6) is 0.126. The van der Waals surface area contributed by atoms with E-state index in [1.807, 2.05) is 24.6 Å². The zero-order valence-electron chi connectivity index (χ0n) is 14.5. The normalized spacial score (nSPS) is 16.6. The number of aryl methyl sites for hydroxylation is 2. The number of nitrogens with zero attached hydrogens (tertiary/aromatic N) is 3. The van der Waals surface area contributed by atoms with Crippen molar-refractivity contribution in [3.63, 3.8) is 0 Å². The quantitative estimate of drug-likeness (QED) is 0.868. The smallest absolute Gasteiger partial charge is 0.228 e. The van der Waals surface area contributed by atoms with Gasteiger partial charge in [0.25, 0.3) is 0 Å². The highest BCUT2D eigenvalue weighted by Gasteiger charge is 2.28. The molecule has 1 aliphatic rings. The molecule has 0 radical (unpaired) electrons. The fraction of sp³-hybridized carbons (Fsp3) is 0.647. The monoisotopic (exact) mass is 350 g/mol. The molecule has 1 saturated carbocycles. The van der Waals surface area contributed by atoms with E-state index in [9.17, 15) is 8.42 Å². The van der Waals surface area contributed by atoms with Crippen molar-refractivity contribution in [2.45, 2.75) is 70.0 Å². The molecule has 0 amide bonds. The van der Waals surface area contributed by atoms with Crippen molar-refractivity contribution >= 4 is 9.84 Å². The van der Waals surface area contributed by atoms with Gasteiger partial charge in [-0.3, -0.25) is 5.10 Å². The number of aromatic amines is 1. The number of sulfone groups is 1. The third kappa shape index (κ3) is 3.55. The lowest BCUT2D eigenvalue weighted by molar-refractivity contribution is 0.329. The summed E-state index contributed by atoms with van der Waals surface area (Å²) in [4.78, 5) is 4.43. The van der Waals surface area contributed by atoms with Crippen LogP contribution in [0.15, 0.2) is 17.6 Å². The van der Waals surface area contributed by atoms with Crippen LogP contribution in [0.1, 0.15) is 61.5 Å². The van der Waals surface area contributed by atoms with E-state index in [2.05, 4.69) is 15.2 Å². The first-order valence-corrected chi connectivity index (χ1v) is 10.4. The minimum atomic E-state index is -3.37. The maximum Gasteiger partial charge on any atom is 0.228 e. The first-order chi connectivity index (χ1) is 11.5. The van der Waals surface area contributed by atoms with Gasteiger partial charge in [-0.05, 0) is 45.1 Å². The van der Waals surface area contributed by atoms with Crippen LogP contribution >= 0.6 is 0 Å². The molecule has 132 valence electrons. The highest BCUT2D eigenvalue weighted by molar-refractivity contribution is 7.91. The molecule has 1 aliphatic carbocycles. The van der Waals surface area contributed by atoms with Crippen molar-refractivity contribution in [3.8, 4) is 0 Å². The van der Waals surface area contributed by atoms with Crippen molar-refractivity contribution in [3.05, 3.63) is 29.3 Å². The second-order valence-electron chi connectivity index (χ2n) is 6.76. The Morgan fingerprint density at radius 1 is 1.25 bits per heavy atom. The van der Waals surface area contributed by atoms with Gasteiger partial charge in [-0.15, -0.1) is 0 Å². The van der Waals surface area contributed by atoms with E-state index < -0.39 is 9.84 Å². The fourth-order valence-electron chi connectivity index (χ4n) is 3.56. The highest BCUT2D eigenvalue weighted by atomic mass is 32.2. The molecule has 0 atom stereocenters. The number of aromatic nitrogens is 4. The minimum Gasteiger partial charge on any atom is -0.316 e. The largest absolute Gasteiger partial charge is 0.316 e. The van der Waals surface area contributed by atoms with Crippen LogP contribution in [0.25, 0.3) is 0 Å². The molecule has 0 aromatic carbocycles. The Kier molecular flexibility index (Phi) is 5.08. The summed E-state index contributed by atoms with van der Waals surface area (Å²) in [5, 5.41) is 6.93. The van der Waals surface area contributed by atoms with E-state index in [4.69, 9.17) is 0 Å². The number of imidazole rings is 1. The lowest BCUT2D eigenvalue weighted by atomic mass is 9.95. The first-order valence-electron chi connectivity index (χ1n) is 8.75. The van der Waals surface area contributed by atoms with Crippen molar-refractivity contribution < 1.29 is 8.42 Å². The molecular weight excluding hydrogens is 324 g/mol. The molecule has 1 N–H and O–H groups in total. The van der Waals surface area contributed by atoms with Crippen molar-refractivity contribution in [2.24, 2.45) is 0 Å². The van der Waals surface area contributed by atoms with Crippen LogP contribution in [0.2, 0.25) is 0 Å². The zero-order valence-corrected chi connectivity index (χ0v) is 15.3. The third-order valence-electron chi connectivity index (χ3n) is 5.01. The Labute approximate surface area is 143 Å². The molecule has 2 aromatic rings. The number of H-pyrrole nitrogens is 1. The average Bonchev–Trinajstić information content (AvgIpc) is 3.17. The summed E-state index contributed by atoms with van der Waals surface area (Å²) in [6.45, 7) is 3.89. The van der Waals surface area contributed by atoms with Crippen LogP contribution in [0.3, 0.4) is 0 Å². The molecule has 0 aliphatic heterocycles. The molecule has 2 heterocycles. The summed E-state index contributed by atoms with van der Waals surface area (Å²) >= 11 is 0. The standard InChI is InChI=1S/C17H26N4O2S/c1-13-14(2)21(16-8-4-3-5-9-16)17(20-13)24(22,23)10-6-7-15-11-18-19-12-15/h11-12,16H,3-10H2,1-2H3,(H,18,19). The Morgan fingerprint density at radius 3 is 2.67 bits per heavy atom. The summed E-state index contributed by atoms with van der Waals surface area (Å²) in [6, 6.07) is 0.276. The summed E-state index contributed by atoms with van der Waals surface area (Å²) in [7, 11) is -3.37. The summed E-state index contributed by atoms with van der Waals surface area (Å²) in [6.07, 6.45) is 10.5. The number of rotatable bonds is 6. The van der Waals surface area contributed by atoms with Gasteiger partial charge in [0, 0.05) is 17.9 Å². The van der Waals surface area contributed by atoms with Crippen LogP contribution in [0, 0.1) is 13.8 Å². The third-order valence-corrected chi connectivity index (χ3v) is 6.68. The van der Waals surface area contributed by atoms with Crippen LogP contribution in [0.4, 0.5) is 0 Å². The van der Waals surface area contributed by atoms with E-state index in [1.54, 1.807) is 6.20 Å². The molecule has 24 heavy (non-hydrogen) atoms. The number of nitrogens with one attached hydrogen (secondary N) is 1. The minimum absolute atomic E-state index is 0.126. The Hall–Kier alpha value is -1.63. The summed E-state index contributed by atoms with van der Waals surface area (Å²) in [5.41, 5.74) is 2.86. The Bertz CT molecular complexity index is 772. The van der Waals surface area contributed by atoms with Crippen LogP contribution in [-0.2, 0) is 16.3 Å². The fourth-order valence-corrected chi connectivity index (χ4v) is 5.13. The zero-order chi connectivity index (χ0) is 17.2. The van der Waals surface area contributed by atoms with Crippen LogP contribution < -0.4 is 0 Å². The molecule has 2 aromatic heterocycles. The van der Waals surface area contributed by atoms with Crippen molar-refractivity contribution in [1.29, 1.82) is 0 Å². The second kappa shape index (κ2) is 7.09. The van der Waals surface area contributed by atoms with Gasteiger partial charge in [-0.25, -0.2) is 13.4 Å². The van der Waals surface area contributed by atoms with Crippen molar-refractivity contribution in [2.75, 3.05) is 5.75 Å². The number of hydrogen-bond donors (Lipinski definition) is 1. The molecule has 0 saturated heterocycles. The maximum absolute atomic E-state index is 12.9. The van der Waals surface area contributed by atoms with E-state index in [-0.39, 0.29) is 17.0 Å². The van der Waals surface area contributed by atoms with Gasteiger partial charge in [0.2, 0.25) is 15.0 Å². The molecule has 3 rings (SSSR count). The van der Waals surface area contributed by atoms with Gasteiger partial charge < -0.3 is 4.57 Å². The predicted molar refractivity (Wildman–Crippen MR) is 92.8 cm³/mol. The Morgan fingerprint density at radius 2 is 2.00 bits per heavy atom. The van der Waals surface area contributed by atoms with Gasteiger partial charge in [-0.1, -0.05) is 19.3 Å². The molecule has 0 unspecified atom stereocenters. The van der Waals surface area contributed by atoms with Gasteiger partial charge in [0.1, 0.15) is 0 Å². The van der Waals surface area contributed by atoms with Crippen LogP contribution in [0.5, 0.6) is 0 Å². The molecule has 6 nitrogen and oxygen atoms in total. The number of hydrogen-bond acceptors (Lipinski definition) is 4. The Balaban J connectivity index is 1.80. The van der Waals surface area contributed by atoms with Gasteiger partial charge in [0.15, 0.2) is 0 Å². The van der Waals surface area contributed by atoms with E-state index in [1.165, 1.54) is 19.3 Å². The lowest BCUT2D eigenvalue weighted by Crippen LogP contribution is -2.21. The summed E-state index contributed by atoms with van der Waals surface area (Å²) < 4.78 is 27.8. The predicted octanol–water partition coefficient (Wildman–Crippen LogP) is 3.13. The van der Waals surface area contributed by atoms with Crippen LogP contribution in [-0.4, -0.2) is 33.9 Å². The van der Waals surface area contributed by atoms with Crippen molar-refractivity contribution in [1.82, 2.24) is 19.7 Å². The molecule has 0 bridgehead atoms. The first kappa shape index (κ1) is 17.2.